The number of aryl methyl sites for hydroxylation is 1. The first-order valence-corrected chi connectivity index (χ1v) is 8.32. The third-order valence-corrected chi connectivity index (χ3v) is 5.07. The molecule has 3 rings (SSSR count). The van der Waals surface area contributed by atoms with Crippen LogP contribution in [0, 0.1) is 0 Å². The molecule has 2 heterocycles. The first kappa shape index (κ1) is 14.3. The maximum atomic E-state index is 12.2. The summed E-state index contributed by atoms with van der Waals surface area (Å²) in [5, 5.41) is 1.16. The standard InChI is InChI=1S/C16H20N2O2S/c1-4-10-6-7-13-15-12(10)8-14(16(19)20-3)18(15)11(5-2)9-21-17-13/h6-8,11,17H,4-5,9H2,1-3H3. The molecule has 0 saturated heterocycles. The lowest BCUT2D eigenvalue weighted by Gasteiger charge is -2.18. The number of anilines is 1. The topological polar surface area (TPSA) is 43.3 Å². The molecule has 1 aliphatic rings. The van der Waals surface area contributed by atoms with Gasteiger partial charge in [0.1, 0.15) is 5.69 Å². The van der Waals surface area contributed by atoms with Crippen LogP contribution in [0.1, 0.15) is 42.4 Å². The number of nitrogens with zero attached hydrogens (tertiary/aromatic N) is 1. The van der Waals surface area contributed by atoms with Crippen LogP contribution in [0.2, 0.25) is 0 Å². The Morgan fingerprint density at radius 1 is 1.48 bits per heavy atom. The highest BCUT2D eigenvalue weighted by Crippen LogP contribution is 2.38. The average molecular weight is 304 g/mol. The molecule has 1 aliphatic heterocycles. The number of benzene rings is 1. The van der Waals surface area contributed by atoms with Crippen molar-refractivity contribution in [3.63, 3.8) is 0 Å². The molecule has 0 bridgehead atoms. The van der Waals surface area contributed by atoms with E-state index >= 15 is 0 Å². The molecule has 1 unspecified atom stereocenters. The average Bonchev–Trinajstić information content (AvgIpc) is 2.81. The van der Waals surface area contributed by atoms with Gasteiger partial charge in [-0.25, -0.2) is 4.79 Å². The maximum Gasteiger partial charge on any atom is 0.354 e. The molecule has 0 radical (unpaired) electrons. The number of hydrogen-bond acceptors (Lipinski definition) is 4. The summed E-state index contributed by atoms with van der Waals surface area (Å²) in [6.07, 6.45) is 1.93. The van der Waals surface area contributed by atoms with Gasteiger partial charge in [-0.15, -0.1) is 0 Å². The fourth-order valence-electron chi connectivity index (χ4n) is 3.02. The predicted octanol–water partition coefficient (Wildman–Crippen LogP) is 4.02. The Balaban J connectivity index is 2.37. The van der Waals surface area contributed by atoms with Gasteiger partial charge in [0.05, 0.1) is 18.3 Å². The second kappa shape index (κ2) is 5.64. The van der Waals surface area contributed by atoms with Crippen LogP contribution >= 0.6 is 11.9 Å². The summed E-state index contributed by atoms with van der Waals surface area (Å²) in [4.78, 5) is 12.2. The van der Waals surface area contributed by atoms with E-state index in [-0.39, 0.29) is 5.97 Å². The first-order chi connectivity index (χ1) is 10.2. The Hall–Kier alpha value is -1.62. The lowest BCUT2D eigenvalue weighted by atomic mass is 10.1. The van der Waals surface area contributed by atoms with Crippen LogP contribution in [0.15, 0.2) is 18.2 Å². The molecule has 0 saturated carbocycles. The number of nitrogens with one attached hydrogen (secondary N) is 1. The normalized spacial score (nSPS) is 17.4. The van der Waals surface area contributed by atoms with E-state index in [1.807, 2.05) is 6.07 Å². The van der Waals surface area contributed by atoms with Gasteiger partial charge in [0.15, 0.2) is 0 Å². The quantitative estimate of drug-likeness (QED) is 0.687. The van der Waals surface area contributed by atoms with E-state index < -0.39 is 0 Å². The molecule has 1 N–H and O–H groups in total. The van der Waals surface area contributed by atoms with Crippen LogP contribution in [-0.4, -0.2) is 23.4 Å². The van der Waals surface area contributed by atoms with Gasteiger partial charge in [-0.05, 0) is 30.5 Å². The molecular formula is C16H20N2O2S. The van der Waals surface area contributed by atoms with Gasteiger partial charge in [-0.3, -0.25) is 0 Å². The fraction of sp³-hybridized carbons (Fsp3) is 0.438. The third-order valence-electron chi connectivity index (χ3n) is 4.16. The number of carbonyl (C=O) groups excluding carboxylic acids is 1. The minimum Gasteiger partial charge on any atom is -0.464 e. The van der Waals surface area contributed by atoms with Gasteiger partial charge in [0.2, 0.25) is 0 Å². The summed E-state index contributed by atoms with van der Waals surface area (Å²) in [6.45, 7) is 4.30. The SMILES string of the molecule is CCc1ccc2c3c1cc(C(=O)OC)n3C(CC)CSN2. The molecule has 0 spiro atoms. The van der Waals surface area contributed by atoms with Crippen molar-refractivity contribution in [1.82, 2.24) is 4.57 Å². The molecule has 0 aliphatic carbocycles. The summed E-state index contributed by atoms with van der Waals surface area (Å²) < 4.78 is 10.6. The Bertz CT molecular complexity index is 693. The Morgan fingerprint density at radius 2 is 2.29 bits per heavy atom. The Labute approximate surface area is 129 Å². The van der Waals surface area contributed by atoms with Gasteiger partial charge in [0, 0.05) is 17.2 Å². The summed E-state index contributed by atoms with van der Waals surface area (Å²) in [5.74, 6) is 0.671. The molecular weight excluding hydrogens is 284 g/mol. The summed E-state index contributed by atoms with van der Waals surface area (Å²) in [5.41, 5.74) is 4.14. The maximum absolute atomic E-state index is 12.2. The van der Waals surface area contributed by atoms with Crippen LogP contribution in [0.5, 0.6) is 0 Å². The molecule has 1 aromatic heterocycles. The van der Waals surface area contributed by atoms with Gasteiger partial charge in [0.25, 0.3) is 0 Å². The zero-order chi connectivity index (χ0) is 15.0. The van der Waals surface area contributed by atoms with Crippen molar-refractivity contribution in [1.29, 1.82) is 0 Å². The Morgan fingerprint density at radius 3 is 2.95 bits per heavy atom. The van der Waals surface area contributed by atoms with Crippen molar-refractivity contribution < 1.29 is 9.53 Å². The zero-order valence-electron chi connectivity index (χ0n) is 12.6. The van der Waals surface area contributed by atoms with Gasteiger partial charge in [-0.1, -0.05) is 31.9 Å². The van der Waals surface area contributed by atoms with Crippen molar-refractivity contribution in [2.24, 2.45) is 0 Å². The molecule has 0 amide bonds. The smallest absolute Gasteiger partial charge is 0.354 e. The van der Waals surface area contributed by atoms with Crippen molar-refractivity contribution in [3.8, 4) is 0 Å². The minimum absolute atomic E-state index is 0.260. The highest BCUT2D eigenvalue weighted by atomic mass is 32.2. The summed E-state index contributed by atoms with van der Waals surface area (Å²) in [7, 11) is 1.44. The van der Waals surface area contributed by atoms with E-state index in [4.69, 9.17) is 4.74 Å². The number of carbonyl (C=O) groups is 1. The van der Waals surface area contributed by atoms with E-state index in [1.165, 1.54) is 12.7 Å². The van der Waals surface area contributed by atoms with Crippen LogP contribution in [0.4, 0.5) is 5.69 Å². The number of rotatable bonds is 3. The number of hydrogen-bond donors (Lipinski definition) is 1. The second-order valence-corrected chi connectivity index (χ2v) is 6.08. The number of esters is 1. The highest BCUT2D eigenvalue weighted by Gasteiger charge is 2.26. The molecule has 5 heteroatoms. The third kappa shape index (κ3) is 2.20. The van der Waals surface area contributed by atoms with Gasteiger partial charge in [-0.2, -0.15) is 0 Å². The van der Waals surface area contributed by atoms with E-state index in [0.29, 0.717) is 11.7 Å². The molecule has 4 nitrogen and oxygen atoms in total. The van der Waals surface area contributed by atoms with Crippen LogP contribution in [-0.2, 0) is 11.2 Å². The molecule has 1 aromatic carbocycles. The van der Waals surface area contributed by atoms with E-state index in [2.05, 4.69) is 35.3 Å². The molecule has 112 valence electrons. The van der Waals surface area contributed by atoms with Crippen molar-refractivity contribution in [2.45, 2.75) is 32.7 Å². The first-order valence-electron chi connectivity index (χ1n) is 7.34. The molecule has 21 heavy (non-hydrogen) atoms. The van der Waals surface area contributed by atoms with Crippen molar-refractivity contribution in [2.75, 3.05) is 17.6 Å². The second-order valence-electron chi connectivity index (χ2n) is 5.25. The van der Waals surface area contributed by atoms with Crippen molar-refractivity contribution >= 4 is 34.5 Å². The largest absolute Gasteiger partial charge is 0.464 e. The van der Waals surface area contributed by atoms with Crippen LogP contribution in [0.3, 0.4) is 0 Å². The monoisotopic (exact) mass is 304 g/mol. The zero-order valence-corrected chi connectivity index (χ0v) is 13.4. The highest BCUT2D eigenvalue weighted by molar-refractivity contribution is 8.00. The van der Waals surface area contributed by atoms with Crippen LogP contribution in [0.25, 0.3) is 10.9 Å². The number of ether oxygens (including phenoxy) is 1. The van der Waals surface area contributed by atoms with E-state index in [9.17, 15) is 4.79 Å². The lowest BCUT2D eigenvalue weighted by Crippen LogP contribution is -2.16. The van der Waals surface area contributed by atoms with Gasteiger partial charge < -0.3 is 14.0 Å². The molecule has 1 atom stereocenters. The number of aromatic nitrogens is 1. The Kier molecular flexibility index (Phi) is 3.85. The minimum atomic E-state index is -0.260. The van der Waals surface area contributed by atoms with E-state index in [0.717, 1.165) is 35.2 Å². The summed E-state index contributed by atoms with van der Waals surface area (Å²) in [6, 6.07) is 6.54. The lowest BCUT2D eigenvalue weighted by molar-refractivity contribution is 0.0587. The van der Waals surface area contributed by atoms with E-state index in [1.54, 1.807) is 11.9 Å². The number of methoxy groups -OCH3 is 1. The van der Waals surface area contributed by atoms with Gasteiger partial charge >= 0.3 is 5.97 Å². The summed E-state index contributed by atoms with van der Waals surface area (Å²) >= 11 is 1.70. The van der Waals surface area contributed by atoms with Crippen LogP contribution < -0.4 is 4.72 Å². The fourth-order valence-corrected chi connectivity index (χ4v) is 4.00. The molecule has 0 fully saturated rings. The molecule has 2 aromatic rings. The predicted molar refractivity (Wildman–Crippen MR) is 88.1 cm³/mol. The van der Waals surface area contributed by atoms with Crippen molar-refractivity contribution in [3.05, 3.63) is 29.5 Å².